The van der Waals surface area contributed by atoms with E-state index in [4.69, 9.17) is 11.6 Å². The van der Waals surface area contributed by atoms with Gasteiger partial charge in [0.1, 0.15) is 5.52 Å². The number of pyridine rings is 1. The Bertz CT molecular complexity index is 387. The van der Waals surface area contributed by atoms with E-state index in [0.29, 0.717) is 5.15 Å². The fraction of sp³-hybridized carbons (Fsp3) is 0.125. The highest BCUT2D eigenvalue weighted by Crippen LogP contribution is 2.14. The van der Waals surface area contributed by atoms with Crippen molar-refractivity contribution < 1.29 is 0 Å². The quantitative estimate of drug-likeness (QED) is 0.621. The second-order valence-electron chi connectivity index (χ2n) is 2.46. The first-order valence-corrected chi connectivity index (χ1v) is 3.89. The largest absolute Gasteiger partial charge is 0.262 e. The molecule has 0 saturated heterocycles. The van der Waals surface area contributed by atoms with Crippen LogP contribution in [0.1, 0.15) is 5.69 Å². The van der Waals surface area contributed by atoms with Crippen LogP contribution in [0.5, 0.6) is 0 Å². The van der Waals surface area contributed by atoms with Crippen molar-refractivity contribution in [2.75, 3.05) is 0 Å². The van der Waals surface area contributed by atoms with E-state index in [1.165, 1.54) is 0 Å². The van der Waals surface area contributed by atoms with E-state index in [1.807, 2.05) is 13.0 Å². The summed E-state index contributed by atoms with van der Waals surface area (Å²) < 4.78 is 0. The Morgan fingerprint density at radius 3 is 2.92 bits per heavy atom. The zero-order valence-corrected chi connectivity index (χ0v) is 7.21. The van der Waals surface area contributed by atoms with Gasteiger partial charge in [0.2, 0.25) is 0 Å². The highest BCUT2D eigenvalue weighted by Gasteiger charge is 2.00. The Morgan fingerprint density at radius 2 is 2.08 bits per heavy atom. The molecule has 0 spiro atoms. The number of aromatic nitrogens is 3. The van der Waals surface area contributed by atoms with Crippen molar-refractivity contribution in [3.8, 4) is 0 Å². The van der Waals surface area contributed by atoms with Gasteiger partial charge in [0.15, 0.2) is 5.15 Å². The first-order chi connectivity index (χ1) is 5.77. The summed E-state index contributed by atoms with van der Waals surface area (Å²) in [5, 5.41) is 0.440. The molecule has 0 N–H and O–H groups in total. The van der Waals surface area contributed by atoms with Crippen LogP contribution in [0, 0.1) is 6.92 Å². The Balaban J connectivity index is 2.84. The smallest absolute Gasteiger partial charge is 0.151 e. The van der Waals surface area contributed by atoms with E-state index in [0.717, 1.165) is 16.7 Å². The highest BCUT2D eigenvalue weighted by atomic mass is 35.5. The molecule has 0 fully saturated rings. The predicted octanol–water partition coefficient (Wildman–Crippen LogP) is 1.99. The van der Waals surface area contributed by atoms with Crippen molar-refractivity contribution >= 4 is 22.6 Å². The monoisotopic (exact) mass is 179 g/mol. The van der Waals surface area contributed by atoms with Crippen molar-refractivity contribution in [2.24, 2.45) is 0 Å². The molecule has 2 rings (SSSR count). The summed E-state index contributed by atoms with van der Waals surface area (Å²) >= 11 is 5.79. The molecule has 0 aliphatic carbocycles. The van der Waals surface area contributed by atoms with E-state index in [2.05, 4.69) is 15.0 Å². The number of hydrogen-bond acceptors (Lipinski definition) is 3. The molecular weight excluding hydrogens is 174 g/mol. The minimum Gasteiger partial charge on any atom is -0.262 e. The molecule has 2 aromatic rings. The third kappa shape index (κ3) is 1.12. The van der Waals surface area contributed by atoms with Crippen LogP contribution in [0.15, 0.2) is 18.5 Å². The van der Waals surface area contributed by atoms with Crippen LogP contribution in [0.2, 0.25) is 5.15 Å². The van der Waals surface area contributed by atoms with Crippen molar-refractivity contribution in [1.29, 1.82) is 0 Å². The van der Waals surface area contributed by atoms with Crippen molar-refractivity contribution in [2.45, 2.75) is 6.92 Å². The summed E-state index contributed by atoms with van der Waals surface area (Å²) in [6, 6.07) is 1.81. The summed E-state index contributed by atoms with van der Waals surface area (Å²) in [6.45, 7) is 1.83. The first-order valence-electron chi connectivity index (χ1n) is 3.51. The van der Waals surface area contributed by atoms with E-state index >= 15 is 0 Å². The lowest BCUT2D eigenvalue weighted by molar-refractivity contribution is 1.17. The molecule has 0 amide bonds. The topological polar surface area (TPSA) is 38.7 Å². The second-order valence-corrected chi connectivity index (χ2v) is 2.82. The average molecular weight is 180 g/mol. The predicted molar refractivity (Wildman–Crippen MR) is 47.1 cm³/mol. The maximum absolute atomic E-state index is 5.79. The minimum atomic E-state index is 0.440. The lowest BCUT2D eigenvalue weighted by Crippen LogP contribution is -1.89. The number of hydrogen-bond donors (Lipinski definition) is 0. The first kappa shape index (κ1) is 7.43. The molecule has 2 aromatic heterocycles. The molecule has 0 atom stereocenters. The zero-order valence-electron chi connectivity index (χ0n) is 6.45. The van der Waals surface area contributed by atoms with Gasteiger partial charge in [0.25, 0.3) is 0 Å². The molecule has 0 bridgehead atoms. The SMILES string of the molecule is Cc1nc2ccncc2nc1Cl. The molecule has 0 radical (unpaired) electrons. The van der Waals surface area contributed by atoms with Gasteiger partial charge in [0, 0.05) is 6.20 Å². The summed E-state index contributed by atoms with van der Waals surface area (Å²) in [5.41, 5.74) is 2.30. The molecular formula is C8H6ClN3. The summed E-state index contributed by atoms with van der Waals surface area (Å²) in [7, 11) is 0. The molecule has 4 heteroatoms. The van der Waals surface area contributed by atoms with Crippen LogP contribution in [-0.4, -0.2) is 15.0 Å². The zero-order chi connectivity index (χ0) is 8.55. The fourth-order valence-electron chi connectivity index (χ4n) is 0.973. The van der Waals surface area contributed by atoms with Gasteiger partial charge < -0.3 is 0 Å². The van der Waals surface area contributed by atoms with Crippen molar-refractivity contribution in [3.63, 3.8) is 0 Å². The Labute approximate surface area is 74.4 Å². The highest BCUT2D eigenvalue weighted by molar-refractivity contribution is 6.30. The van der Waals surface area contributed by atoms with E-state index in [-0.39, 0.29) is 0 Å². The summed E-state index contributed by atoms with van der Waals surface area (Å²) in [4.78, 5) is 12.3. The van der Waals surface area contributed by atoms with Gasteiger partial charge in [-0.15, -0.1) is 0 Å². The average Bonchev–Trinajstić information content (AvgIpc) is 2.07. The molecule has 0 saturated carbocycles. The molecule has 0 aliphatic rings. The minimum absolute atomic E-state index is 0.440. The number of fused-ring (bicyclic) bond motifs is 1. The normalized spacial score (nSPS) is 10.5. The van der Waals surface area contributed by atoms with Gasteiger partial charge in [-0.05, 0) is 13.0 Å². The van der Waals surface area contributed by atoms with Crippen LogP contribution < -0.4 is 0 Å². The van der Waals surface area contributed by atoms with E-state index in [1.54, 1.807) is 12.4 Å². The maximum atomic E-state index is 5.79. The fourth-order valence-corrected chi connectivity index (χ4v) is 1.11. The van der Waals surface area contributed by atoms with Gasteiger partial charge in [-0.2, -0.15) is 0 Å². The molecule has 0 aromatic carbocycles. The number of aryl methyl sites for hydroxylation is 1. The molecule has 60 valence electrons. The van der Waals surface area contributed by atoms with Crippen LogP contribution in [-0.2, 0) is 0 Å². The van der Waals surface area contributed by atoms with Crippen LogP contribution in [0.3, 0.4) is 0 Å². The number of rotatable bonds is 0. The molecule has 2 heterocycles. The van der Waals surface area contributed by atoms with Crippen molar-refractivity contribution in [1.82, 2.24) is 15.0 Å². The van der Waals surface area contributed by atoms with Crippen LogP contribution in [0.25, 0.3) is 11.0 Å². The third-order valence-corrected chi connectivity index (χ3v) is 1.94. The van der Waals surface area contributed by atoms with Gasteiger partial charge >= 0.3 is 0 Å². The van der Waals surface area contributed by atoms with Gasteiger partial charge in [-0.1, -0.05) is 11.6 Å². The van der Waals surface area contributed by atoms with Gasteiger partial charge in [0.05, 0.1) is 17.4 Å². The number of nitrogens with zero attached hydrogens (tertiary/aromatic N) is 3. The number of halogens is 1. The second kappa shape index (κ2) is 2.68. The van der Waals surface area contributed by atoms with Crippen LogP contribution in [0.4, 0.5) is 0 Å². The molecule has 12 heavy (non-hydrogen) atoms. The van der Waals surface area contributed by atoms with Crippen molar-refractivity contribution in [3.05, 3.63) is 29.3 Å². The Kier molecular flexibility index (Phi) is 1.66. The lowest BCUT2D eigenvalue weighted by Gasteiger charge is -1.98. The Morgan fingerprint density at radius 1 is 1.25 bits per heavy atom. The van der Waals surface area contributed by atoms with Crippen LogP contribution >= 0.6 is 11.6 Å². The standard InChI is InChI=1S/C8H6ClN3/c1-5-8(9)12-7-4-10-3-2-6(7)11-5/h2-4H,1H3. The molecule has 0 unspecified atom stereocenters. The van der Waals surface area contributed by atoms with Gasteiger partial charge in [-0.3, -0.25) is 4.98 Å². The van der Waals surface area contributed by atoms with E-state index < -0.39 is 0 Å². The summed E-state index contributed by atoms with van der Waals surface area (Å²) in [6.07, 6.45) is 3.33. The third-order valence-electron chi connectivity index (χ3n) is 1.58. The van der Waals surface area contributed by atoms with E-state index in [9.17, 15) is 0 Å². The summed E-state index contributed by atoms with van der Waals surface area (Å²) in [5.74, 6) is 0. The van der Waals surface area contributed by atoms with Gasteiger partial charge in [-0.25, -0.2) is 9.97 Å². The maximum Gasteiger partial charge on any atom is 0.151 e. The molecule has 0 aliphatic heterocycles. The Hall–Kier alpha value is -1.22. The molecule has 3 nitrogen and oxygen atoms in total. The lowest BCUT2D eigenvalue weighted by atomic mass is 10.4.